The molecule has 3 heteroatoms. The third-order valence-corrected chi connectivity index (χ3v) is 3.20. The predicted octanol–water partition coefficient (Wildman–Crippen LogP) is 2.03. The molecule has 0 radical (unpaired) electrons. The van der Waals surface area contributed by atoms with Crippen molar-refractivity contribution in [2.24, 2.45) is 0 Å². The van der Waals surface area contributed by atoms with Crippen LogP contribution in [-0.4, -0.2) is 21.4 Å². The molecule has 0 aliphatic heterocycles. The van der Waals surface area contributed by atoms with Gasteiger partial charge in [0, 0.05) is 12.1 Å². The molecule has 0 aromatic heterocycles. The number of nitrogens with one attached hydrogen (secondary N) is 1. The molecule has 0 saturated carbocycles. The minimum Gasteiger partial charge on any atom is -0.508 e. The van der Waals surface area contributed by atoms with Crippen molar-refractivity contribution in [1.82, 2.24) is 5.32 Å². The summed E-state index contributed by atoms with van der Waals surface area (Å²) in [7, 11) is 0. The average Bonchev–Trinajstić information content (AvgIpc) is 2.15. The monoisotopic (exact) mass is 223 g/mol. The van der Waals surface area contributed by atoms with Crippen molar-refractivity contribution in [3.63, 3.8) is 0 Å². The smallest absolute Gasteiger partial charge is 0.115 e. The Morgan fingerprint density at radius 1 is 1.06 bits per heavy atom. The van der Waals surface area contributed by atoms with Crippen LogP contribution in [-0.2, 0) is 6.54 Å². The second kappa shape index (κ2) is 4.44. The van der Waals surface area contributed by atoms with E-state index in [2.05, 4.69) is 5.32 Å². The van der Waals surface area contributed by atoms with Crippen LogP contribution in [0, 0.1) is 0 Å². The Balaban J connectivity index is 2.61. The minimum atomic E-state index is -0.788. The topological polar surface area (TPSA) is 52.5 Å². The zero-order valence-electron chi connectivity index (χ0n) is 10.4. The zero-order valence-corrected chi connectivity index (χ0v) is 10.4. The molecule has 90 valence electrons. The highest BCUT2D eigenvalue weighted by molar-refractivity contribution is 5.25. The molecule has 1 rings (SSSR count). The summed E-state index contributed by atoms with van der Waals surface area (Å²) in [6.07, 6.45) is 0. The van der Waals surface area contributed by atoms with Crippen LogP contribution < -0.4 is 5.32 Å². The molecule has 0 unspecified atom stereocenters. The number of aromatic hydroxyl groups is 1. The van der Waals surface area contributed by atoms with Crippen LogP contribution in [0.5, 0.6) is 5.75 Å². The third kappa shape index (κ3) is 3.22. The fourth-order valence-corrected chi connectivity index (χ4v) is 1.15. The van der Waals surface area contributed by atoms with Crippen molar-refractivity contribution in [1.29, 1.82) is 0 Å². The van der Waals surface area contributed by atoms with Crippen molar-refractivity contribution in [2.45, 2.75) is 45.4 Å². The fraction of sp³-hybridized carbons (Fsp3) is 0.538. The molecular weight excluding hydrogens is 202 g/mol. The first-order valence-electron chi connectivity index (χ1n) is 5.48. The minimum absolute atomic E-state index is 0.269. The van der Waals surface area contributed by atoms with Crippen LogP contribution in [0.2, 0.25) is 0 Å². The summed E-state index contributed by atoms with van der Waals surface area (Å²) in [4.78, 5) is 0. The van der Waals surface area contributed by atoms with E-state index >= 15 is 0 Å². The zero-order chi connectivity index (χ0) is 12.4. The van der Waals surface area contributed by atoms with Gasteiger partial charge in [-0.15, -0.1) is 0 Å². The van der Waals surface area contributed by atoms with E-state index in [1.807, 2.05) is 26.0 Å². The van der Waals surface area contributed by atoms with Crippen molar-refractivity contribution in [2.75, 3.05) is 0 Å². The van der Waals surface area contributed by atoms with Crippen LogP contribution in [0.1, 0.15) is 33.3 Å². The summed E-state index contributed by atoms with van der Waals surface area (Å²) >= 11 is 0. The van der Waals surface area contributed by atoms with E-state index in [0.717, 1.165) is 5.56 Å². The first-order valence-corrected chi connectivity index (χ1v) is 5.48. The molecular formula is C13H21NO2. The third-order valence-electron chi connectivity index (χ3n) is 3.20. The van der Waals surface area contributed by atoms with Gasteiger partial charge in [-0.1, -0.05) is 12.1 Å². The highest BCUT2D eigenvalue weighted by Crippen LogP contribution is 2.21. The number of hydrogen-bond donors (Lipinski definition) is 3. The van der Waals surface area contributed by atoms with E-state index in [1.54, 1.807) is 26.0 Å². The first kappa shape index (κ1) is 13.0. The SMILES string of the molecule is CC(C)(O)C(C)(C)NCc1ccc(O)cc1. The van der Waals surface area contributed by atoms with Crippen molar-refractivity contribution < 1.29 is 10.2 Å². The molecule has 16 heavy (non-hydrogen) atoms. The first-order chi connectivity index (χ1) is 7.22. The Hall–Kier alpha value is -1.06. The largest absolute Gasteiger partial charge is 0.508 e. The van der Waals surface area contributed by atoms with Crippen LogP contribution in [0.15, 0.2) is 24.3 Å². The average molecular weight is 223 g/mol. The quantitative estimate of drug-likeness (QED) is 0.732. The van der Waals surface area contributed by atoms with E-state index < -0.39 is 5.60 Å². The number of hydrogen-bond acceptors (Lipinski definition) is 3. The molecule has 0 amide bonds. The van der Waals surface area contributed by atoms with Gasteiger partial charge in [0.25, 0.3) is 0 Å². The maximum Gasteiger partial charge on any atom is 0.115 e. The van der Waals surface area contributed by atoms with Gasteiger partial charge in [0.05, 0.1) is 5.60 Å². The van der Waals surface area contributed by atoms with Gasteiger partial charge in [-0.05, 0) is 45.4 Å². The van der Waals surface area contributed by atoms with E-state index in [0.29, 0.717) is 6.54 Å². The van der Waals surface area contributed by atoms with Gasteiger partial charge >= 0.3 is 0 Å². The Labute approximate surface area is 97.1 Å². The maximum atomic E-state index is 9.97. The molecule has 0 atom stereocenters. The van der Waals surface area contributed by atoms with Crippen LogP contribution in [0.25, 0.3) is 0 Å². The van der Waals surface area contributed by atoms with Gasteiger partial charge in [-0.25, -0.2) is 0 Å². The number of aliphatic hydroxyl groups is 1. The molecule has 0 aliphatic carbocycles. The van der Waals surface area contributed by atoms with E-state index in [1.165, 1.54) is 0 Å². The van der Waals surface area contributed by atoms with Gasteiger partial charge in [-0.2, -0.15) is 0 Å². The van der Waals surface area contributed by atoms with Crippen LogP contribution in [0.4, 0.5) is 0 Å². The summed E-state index contributed by atoms with van der Waals surface area (Å²) < 4.78 is 0. The molecule has 1 aromatic rings. The standard InChI is InChI=1S/C13H21NO2/c1-12(2,13(3,4)16)14-9-10-5-7-11(15)8-6-10/h5-8,14-16H,9H2,1-4H3. The number of phenols is 1. The molecule has 0 heterocycles. The van der Waals surface area contributed by atoms with Crippen molar-refractivity contribution in [3.8, 4) is 5.75 Å². The molecule has 3 nitrogen and oxygen atoms in total. The van der Waals surface area contributed by atoms with Crippen molar-refractivity contribution in [3.05, 3.63) is 29.8 Å². The lowest BCUT2D eigenvalue weighted by molar-refractivity contribution is -0.00532. The lowest BCUT2D eigenvalue weighted by Gasteiger charge is -2.38. The van der Waals surface area contributed by atoms with Crippen LogP contribution >= 0.6 is 0 Å². The van der Waals surface area contributed by atoms with E-state index in [4.69, 9.17) is 5.11 Å². The Kier molecular flexibility index (Phi) is 3.61. The Morgan fingerprint density at radius 2 is 1.56 bits per heavy atom. The number of phenolic OH excluding ortho intramolecular Hbond substituents is 1. The molecule has 0 spiro atoms. The second-order valence-corrected chi connectivity index (χ2v) is 5.20. The predicted molar refractivity (Wildman–Crippen MR) is 65.3 cm³/mol. The van der Waals surface area contributed by atoms with Gasteiger partial charge in [-0.3, -0.25) is 0 Å². The van der Waals surface area contributed by atoms with Gasteiger partial charge < -0.3 is 15.5 Å². The fourth-order valence-electron chi connectivity index (χ4n) is 1.15. The lowest BCUT2D eigenvalue weighted by atomic mass is 9.86. The van der Waals surface area contributed by atoms with E-state index in [9.17, 15) is 5.11 Å². The maximum absolute atomic E-state index is 9.97. The molecule has 0 saturated heterocycles. The summed E-state index contributed by atoms with van der Waals surface area (Å²) in [5.74, 6) is 0.269. The Morgan fingerprint density at radius 3 is 2.00 bits per heavy atom. The van der Waals surface area contributed by atoms with Crippen LogP contribution in [0.3, 0.4) is 0 Å². The highest BCUT2D eigenvalue weighted by atomic mass is 16.3. The van der Waals surface area contributed by atoms with Gasteiger partial charge in [0.1, 0.15) is 5.75 Å². The normalized spacial score (nSPS) is 12.8. The molecule has 3 N–H and O–H groups in total. The summed E-state index contributed by atoms with van der Waals surface area (Å²) in [5, 5.41) is 22.4. The molecule has 0 bridgehead atoms. The highest BCUT2D eigenvalue weighted by Gasteiger charge is 2.34. The van der Waals surface area contributed by atoms with Gasteiger partial charge in [0.15, 0.2) is 0 Å². The summed E-state index contributed by atoms with van der Waals surface area (Å²) in [5.41, 5.74) is -0.0791. The summed E-state index contributed by atoms with van der Waals surface area (Å²) in [6, 6.07) is 7.05. The van der Waals surface area contributed by atoms with E-state index in [-0.39, 0.29) is 11.3 Å². The molecule has 1 aromatic carbocycles. The number of benzene rings is 1. The lowest BCUT2D eigenvalue weighted by Crippen LogP contribution is -2.55. The Bertz CT molecular complexity index is 336. The summed E-state index contributed by atoms with van der Waals surface area (Å²) in [6.45, 7) is 8.17. The molecule has 0 aliphatic rings. The van der Waals surface area contributed by atoms with Crippen molar-refractivity contribution >= 4 is 0 Å². The second-order valence-electron chi connectivity index (χ2n) is 5.20. The molecule has 0 fully saturated rings. The van der Waals surface area contributed by atoms with Gasteiger partial charge in [0.2, 0.25) is 0 Å². The number of rotatable bonds is 4.